The minimum atomic E-state index is -0.263. The molecule has 0 aliphatic carbocycles. The summed E-state index contributed by atoms with van der Waals surface area (Å²) in [5.41, 5.74) is 2.02. The number of aromatic nitrogens is 3. The van der Waals surface area contributed by atoms with Gasteiger partial charge >= 0.3 is 0 Å². The largest absolute Gasteiger partial charge is 0.289 e. The Morgan fingerprint density at radius 3 is 2.67 bits per heavy atom. The number of hydrogen-bond acceptors (Lipinski definition) is 4. The fourth-order valence-electron chi connectivity index (χ4n) is 1.31. The number of nitrogens with zero attached hydrogens (tertiary/aromatic N) is 3. The fourth-order valence-corrected chi connectivity index (χ4v) is 1.71. The number of carbonyl (C=O) groups is 1. The van der Waals surface area contributed by atoms with Crippen LogP contribution in [0.2, 0.25) is 0 Å². The average Bonchev–Trinajstić information content (AvgIpc) is 2.34. The number of halogens is 1. The maximum absolute atomic E-state index is 11.9. The second-order valence-corrected chi connectivity index (χ2v) is 4.69. The van der Waals surface area contributed by atoms with Gasteiger partial charge < -0.3 is 0 Å². The Morgan fingerprint density at radius 1 is 1.22 bits per heavy atom. The van der Waals surface area contributed by atoms with Crippen LogP contribution in [0, 0.1) is 13.8 Å². The second kappa shape index (κ2) is 5.22. The van der Waals surface area contributed by atoms with Gasteiger partial charge in [0.2, 0.25) is 5.95 Å². The molecule has 2 rings (SSSR count). The number of aryl methyl sites for hydroxylation is 2. The quantitative estimate of drug-likeness (QED) is 0.925. The highest BCUT2D eigenvalue weighted by molar-refractivity contribution is 9.10. The zero-order valence-electron chi connectivity index (χ0n) is 9.94. The minimum absolute atomic E-state index is 0.211. The molecule has 1 aromatic carbocycles. The van der Waals surface area contributed by atoms with Crippen molar-refractivity contribution in [3.63, 3.8) is 0 Å². The molecule has 2 aromatic rings. The predicted octanol–water partition coefficient (Wildman–Crippen LogP) is 2.50. The number of anilines is 1. The van der Waals surface area contributed by atoms with Crippen molar-refractivity contribution in [3.05, 3.63) is 45.7 Å². The van der Waals surface area contributed by atoms with E-state index in [1.165, 1.54) is 0 Å². The molecule has 1 amide bonds. The molecule has 0 unspecified atom stereocenters. The van der Waals surface area contributed by atoms with Gasteiger partial charge in [0.15, 0.2) is 0 Å². The lowest BCUT2D eigenvalue weighted by Crippen LogP contribution is -2.15. The molecule has 18 heavy (non-hydrogen) atoms. The smallest absolute Gasteiger partial charge is 0.258 e. The van der Waals surface area contributed by atoms with Gasteiger partial charge in [-0.2, -0.15) is 5.10 Å². The fraction of sp³-hybridized carbons (Fsp3) is 0.167. The summed E-state index contributed by atoms with van der Waals surface area (Å²) >= 11 is 3.31. The summed E-state index contributed by atoms with van der Waals surface area (Å²) in [4.78, 5) is 16.1. The van der Waals surface area contributed by atoms with Crippen LogP contribution in [0.1, 0.15) is 21.7 Å². The molecule has 0 saturated carbocycles. The SMILES string of the molecule is Cc1nnc(NC(=O)c2cccc(Br)c2)nc1C. The first-order valence-corrected chi connectivity index (χ1v) is 6.10. The Hall–Kier alpha value is -1.82. The Balaban J connectivity index is 2.18. The molecule has 0 saturated heterocycles. The molecule has 0 aliphatic rings. The van der Waals surface area contributed by atoms with Crippen LogP contribution in [0.15, 0.2) is 28.7 Å². The first-order valence-electron chi connectivity index (χ1n) is 5.31. The first kappa shape index (κ1) is 12.6. The van der Waals surface area contributed by atoms with E-state index in [0.717, 1.165) is 15.9 Å². The number of amides is 1. The van der Waals surface area contributed by atoms with E-state index in [-0.39, 0.29) is 11.9 Å². The summed E-state index contributed by atoms with van der Waals surface area (Å²) in [6.07, 6.45) is 0. The Bertz CT molecular complexity index is 600. The molecule has 5 nitrogen and oxygen atoms in total. The van der Waals surface area contributed by atoms with Crippen LogP contribution < -0.4 is 5.32 Å². The molecule has 1 N–H and O–H groups in total. The summed E-state index contributed by atoms with van der Waals surface area (Å²) in [6.45, 7) is 3.63. The van der Waals surface area contributed by atoms with Gasteiger partial charge in [-0.05, 0) is 32.0 Å². The van der Waals surface area contributed by atoms with Crippen molar-refractivity contribution in [1.29, 1.82) is 0 Å². The van der Waals surface area contributed by atoms with Crippen LogP contribution in [0.4, 0.5) is 5.95 Å². The summed E-state index contributed by atoms with van der Waals surface area (Å²) in [6, 6.07) is 7.09. The van der Waals surface area contributed by atoms with E-state index >= 15 is 0 Å². The third-order valence-electron chi connectivity index (χ3n) is 2.40. The zero-order chi connectivity index (χ0) is 13.1. The number of rotatable bonds is 2. The lowest BCUT2D eigenvalue weighted by atomic mass is 10.2. The van der Waals surface area contributed by atoms with E-state index in [4.69, 9.17) is 0 Å². The molecule has 1 aromatic heterocycles. The van der Waals surface area contributed by atoms with Crippen LogP contribution in [0.3, 0.4) is 0 Å². The maximum Gasteiger partial charge on any atom is 0.258 e. The molecule has 0 atom stereocenters. The van der Waals surface area contributed by atoms with Gasteiger partial charge in [0, 0.05) is 10.0 Å². The van der Waals surface area contributed by atoms with Gasteiger partial charge in [-0.25, -0.2) is 4.98 Å². The highest BCUT2D eigenvalue weighted by Gasteiger charge is 2.09. The molecule has 0 aliphatic heterocycles. The summed E-state index contributed by atoms with van der Waals surface area (Å²) in [7, 11) is 0. The monoisotopic (exact) mass is 306 g/mol. The maximum atomic E-state index is 11.9. The van der Waals surface area contributed by atoms with Crippen molar-refractivity contribution in [2.75, 3.05) is 5.32 Å². The minimum Gasteiger partial charge on any atom is -0.289 e. The van der Waals surface area contributed by atoms with Gasteiger partial charge in [-0.1, -0.05) is 22.0 Å². The second-order valence-electron chi connectivity index (χ2n) is 3.77. The van der Waals surface area contributed by atoms with Gasteiger partial charge in [0.25, 0.3) is 5.91 Å². The predicted molar refractivity (Wildman–Crippen MR) is 71.4 cm³/mol. The number of carbonyl (C=O) groups excluding carboxylic acids is 1. The molecular formula is C12H11BrN4O. The lowest BCUT2D eigenvalue weighted by Gasteiger charge is -2.04. The van der Waals surface area contributed by atoms with Crippen molar-refractivity contribution in [3.8, 4) is 0 Å². The van der Waals surface area contributed by atoms with E-state index in [1.807, 2.05) is 19.9 Å². The third-order valence-corrected chi connectivity index (χ3v) is 2.90. The van der Waals surface area contributed by atoms with E-state index < -0.39 is 0 Å². The highest BCUT2D eigenvalue weighted by atomic mass is 79.9. The van der Waals surface area contributed by atoms with Crippen LogP contribution in [0.5, 0.6) is 0 Å². The van der Waals surface area contributed by atoms with Crippen LogP contribution in [-0.2, 0) is 0 Å². The van der Waals surface area contributed by atoms with E-state index in [1.54, 1.807) is 18.2 Å². The van der Waals surface area contributed by atoms with E-state index in [9.17, 15) is 4.79 Å². The normalized spacial score (nSPS) is 10.2. The molecule has 0 bridgehead atoms. The van der Waals surface area contributed by atoms with Crippen molar-refractivity contribution in [2.45, 2.75) is 13.8 Å². The summed E-state index contributed by atoms with van der Waals surface area (Å²) < 4.78 is 0.842. The molecule has 0 fully saturated rings. The van der Waals surface area contributed by atoms with Crippen LogP contribution in [0.25, 0.3) is 0 Å². The number of benzene rings is 1. The Morgan fingerprint density at radius 2 is 2.00 bits per heavy atom. The van der Waals surface area contributed by atoms with Crippen LogP contribution >= 0.6 is 15.9 Å². The van der Waals surface area contributed by atoms with Crippen molar-refractivity contribution >= 4 is 27.8 Å². The van der Waals surface area contributed by atoms with Crippen LogP contribution in [-0.4, -0.2) is 21.1 Å². The van der Waals surface area contributed by atoms with Gasteiger partial charge in [0.1, 0.15) is 0 Å². The molecule has 6 heteroatoms. The van der Waals surface area contributed by atoms with E-state index in [0.29, 0.717) is 5.56 Å². The summed E-state index contributed by atoms with van der Waals surface area (Å²) in [5, 5.41) is 10.3. The number of nitrogens with one attached hydrogen (secondary N) is 1. The zero-order valence-corrected chi connectivity index (χ0v) is 11.5. The topological polar surface area (TPSA) is 67.8 Å². The first-order chi connectivity index (χ1) is 8.56. The Kier molecular flexibility index (Phi) is 3.66. The van der Waals surface area contributed by atoms with Gasteiger partial charge in [-0.15, -0.1) is 5.10 Å². The van der Waals surface area contributed by atoms with Gasteiger partial charge in [-0.3, -0.25) is 10.1 Å². The summed E-state index contributed by atoms with van der Waals surface area (Å²) in [5.74, 6) is -0.0515. The van der Waals surface area contributed by atoms with Crippen molar-refractivity contribution in [1.82, 2.24) is 15.2 Å². The molecular weight excluding hydrogens is 296 g/mol. The average molecular weight is 307 g/mol. The van der Waals surface area contributed by atoms with E-state index in [2.05, 4.69) is 36.4 Å². The van der Waals surface area contributed by atoms with Crippen molar-refractivity contribution < 1.29 is 4.79 Å². The Labute approximate surface area is 113 Å². The number of hydrogen-bond donors (Lipinski definition) is 1. The molecule has 0 spiro atoms. The molecule has 1 heterocycles. The van der Waals surface area contributed by atoms with Gasteiger partial charge in [0.05, 0.1) is 11.4 Å². The molecule has 0 radical (unpaired) electrons. The highest BCUT2D eigenvalue weighted by Crippen LogP contribution is 2.12. The lowest BCUT2D eigenvalue weighted by molar-refractivity contribution is 0.102. The molecule has 92 valence electrons. The standard InChI is InChI=1S/C12H11BrN4O/c1-7-8(2)16-17-12(14-7)15-11(18)9-4-3-5-10(13)6-9/h3-6H,1-2H3,(H,14,15,17,18). The van der Waals surface area contributed by atoms with Crippen molar-refractivity contribution in [2.24, 2.45) is 0 Å². The third kappa shape index (κ3) is 2.89.